The molecule has 6 heteroatoms. The number of carbonyl (C=O) groups is 2. The van der Waals surface area contributed by atoms with E-state index in [1.54, 1.807) is 6.07 Å². The van der Waals surface area contributed by atoms with Gasteiger partial charge < -0.3 is 0 Å². The maximum Gasteiger partial charge on any atom is 0.273 e. The molecule has 84 valence electrons. The first kappa shape index (κ1) is 10.8. The molecule has 0 radical (unpaired) electrons. The second-order valence-corrected chi connectivity index (χ2v) is 5.16. The van der Waals surface area contributed by atoms with Gasteiger partial charge in [0.2, 0.25) is 11.8 Å². The molecule has 2 rings (SSSR count). The minimum Gasteiger partial charge on any atom is -0.273 e. The third-order valence-electron chi connectivity index (χ3n) is 2.29. The quantitative estimate of drug-likeness (QED) is 0.705. The van der Waals surface area contributed by atoms with E-state index in [0.29, 0.717) is 4.31 Å². The van der Waals surface area contributed by atoms with Gasteiger partial charge in [0, 0.05) is 12.8 Å². The van der Waals surface area contributed by atoms with Gasteiger partial charge in [-0.3, -0.25) is 9.59 Å². The molecule has 1 aliphatic rings. The van der Waals surface area contributed by atoms with E-state index in [2.05, 4.69) is 0 Å². The van der Waals surface area contributed by atoms with Gasteiger partial charge >= 0.3 is 0 Å². The first-order valence-electron chi connectivity index (χ1n) is 4.69. The fourth-order valence-corrected chi connectivity index (χ4v) is 2.95. The van der Waals surface area contributed by atoms with E-state index in [-0.39, 0.29) is 17.7 Å². The van der Waals surface area contributed by atoms with Gasteiger partial charge in [-0.25, -0.2) is 8.42 Å². The molecule has 1 heterocycles. The van der Waals surface area contributed by atoms with Gasteiger partial charge in [-0.1, -0.05) is 18.2 Å². The van der Waals surface area contributed by atoms with Crippen LogP contribution in [0.4, 0.5) is 0 Å². The zero-order chi connectivity index (χ0) is 11.8. The summed E-state index contributed by atoms with van der Waals surface area (Å²) in [4.78, 5) is 22.6. The van der Waals surface area contributed by atoms with E-state index in [4.69, 9.17) is 0 Å². The van der Waals surface area contributed by atoms with Crippen molar-refractivity contribution in [1.82, 2.24) is 4.31 Å². The minimum absolute atomic E-state index is 0.0368. The van der Waals surface area contributed by atoms with Crippen LogP contribution in [0.2, 0.25) is 0 Å². The summed E-state index contributed by atoms with van der Waals surface area (Å²) in [6.07, 6.45) is -0.0736. The summed E-state index contributed by atoms with van der Waals surface area (Å²) in [5.41, 5.74) is 0. The SMILES string of the molecule is O=C1CCC(=O)N1S(=O)(=O)c1ccccc1. The van der Waals surface area contributed by atoms with Crippen LogP contribution in [0.3, 0.4) is 0 Å². The van der Waals surface area contributed by atoms with E-state index in [1.807, 2.05) is 0 Å². The van der Waals surface area contributed by atoms with Crippen LogP contribution in [0, 0.1) is 0 Å². The number of imide groups is 1. The highest BCUT2D eigenvalue weighted by Gasteiger charge is 2.39. The Hall–Kier alpha value is -1.69. The molecule has 0 spiro atoms. The molecule has 0 atom stereocenters. The molecule has 0 aliphatic carbocycles. The van der Waals surface area contributed by atoms with Gasteiger partial charge in [0.1, 0.15) is 0 Å². The Morgan fingerprint density at radius 1 is 0.938 bits per heavy atom. The zero-order valence-electron chi connectivity index (χ0n) is 8.29. The second-order valence-electron chi connectivity index (χ2n) is 3.37. The van der Waals surface area contributed by atoms with E-state index in [0.717, 1.165) is 0 Å². The lowest BCUT2D eigenvalue weighted by molar-refractivity contribution is -0.132. The van der Waals surface area contributed by atoms with Crippen LogP contribution in [-0.2, 0) is 19.6 Å². The first-order valence-corrected chi connectivity index (χ1v) is 6.13. The van der Waals surface area contributed by atoms with Gasteiger partial charge in [0.05, 0.1) is 4.90 Å². The van der Waals surface area contributed by atoms with Crippen LogP contribution in [0.15, 0.2) is 35.2 Å². The van der Waals surface area contributed by atoms with Crippen LogP contribution < -0.4 is 0 Å². The molecule has 0 aromatic heterocycles. The van der Waals surface area contributed by atoms with Gasteiger partial charge in [-0.2, -0.15) is 4.31 Å². The molecule has 0 bridgehead atoms. The summed E-state index contributed by atoms with van der Waals surface area (Å²) >= 11 is 0. The number of hydrogen-bond acceptors (Lipinski definition) is 4. The number of benzene rings is 1. The summed E-state index contributed by atoms with van der Waals surface area (Å²) in [5.74, 6) is -1.32. The van der Waals surface area contributed by atoms with Crippen molar-refractivity contribution in [2.45, 2.75) is 17.7 Å². The van der Waals surface area contributed by atoms with Crippen molar-refractivity contribution in [2.75, 3.05) is 0 Å². The zero-order valence-corrected chi connectivity index (χ0v) is 9.11. The Morgan fingerprint density at radius 2 is 1.44 bits per heavy atom. The molecule has 1 aromatic carbocycles. The summed E-state index contributed by atoms with van der Waals surface area (Å²) in [5, 5.41) is 0. The van der Waals surface area contributed by atoms with Crippen molar-refractivity contribution in [2.24, 2.45) is 0 Å². The lowest BCUT2D eigenvalue weighted by Crippen LogP contribution is -2.35. The van der Waals surface area contributed by atoms with Gasteiger partial charge in [0.15, 0.2) is 0 Å². The summed E-state index contributed by atoms with van der Waals surface area (Å²) in [7, 11) is -4.00. The monoisotopic (exact) mass is 239 g/mol. The molecule has 1 aliphatic heterocycles. The molecule has 0 saturated carbocycles. The average Bonchev–Trinajstić information content (AvgIpc) is 2.60. The predicted molar refractivity (Wildman–Crippen MR) is 54.7 cm³/mol. The smallest absolute Gasteiger partial charge is 0.273 e. The third-order valence-corrected chi connectivity index (χ3v) is 4.04. The van der Waals surface area contributed by atoms with Crippen LogP contribution in [0.25, 0.3) is 0 Å². The third kappa shape index (κ3) is 1.61. The lowest BCUT2D eigenvalue weighted by Gasteiger charge is -2.13. The molecule has 16 heavy (non-hydrogen) atoms. The molecule has 1 saturated heterocycles. The lowest BCUT2D eigenvalue weighted by atomic mass is 10.4. The van der Waals surface area contributed by atoms with Gasteiger partial charge in [-0.05, 0) is 12.1 Å². The molecule has 5 nitrogen and oxygen atoms in total. The molecule has 0 unspecified atom stereocenters. The summed E-state index contributed by atoms with van der Waals surface area (Å²) < 4.78 is 24.2. The highest BCUT2D eigenvalue weighted by molar-refractivity contribution is 7.90. The van der Waals surface area contributed by atoms with E-state index in [9.17, 15) is 18.0 Å². The number of nitrogens with zero attached hydrogens (tertiary/aromatic N) is 1. The maximum atomic E-state index is 11.9. The van der Waals surface area contributed by atoms with Crippen LogP contribution in [-0.4, -0.2) is 24.5 Å². The van der Waals surface area contributed by atoms with Crippen molar-refractivity contribution in [1.29, 1.82) is 0 Å². The second kappa shape index (κ2) is 3.71. The topological polar surface area (TPSA) is 71.5 Å². The molecule has 1 fully saturated rings. The molecular weight excluding hydrogens is 230 g/mol. The van der Waals surface area contributed by atoms with Crippen LogP contribution in [0.1, 0.15) is 12.8 Å². The van der Waals surface area contributed by atoms with Crippen molar-refractivity contribution in [3.8, 4) is 0 Å². The Bertz CT molecular complexity index is 519. The number of rotatable bonds is 2. The Balaban J connectivity index is 2.48. The predicted octanol–water partition coefficient (Wildman–Crippen LogP) is 0.524. The van der Waals surface area contributed by atoms with E-state index < -0.39 is 21.8 Å². The van der Waals surface area contributed by atoms with Crippen LogP contribution in [0.5, 0.6) is 0 Å². The average molecular weight is 239 g/mol. The molecule has 0 N–H and O–H groups in total. The highest BCUT2D eigenvalue weighted by atomic mass is 32.2. The number of amides is 2. The van der Waals surface area contributed by atoms with Crippen molar-refractivity contribution in [3.05, 3.63) is 30.3 Å². The highest BCUT2D eigenvalue weighted by Crippen LogP contribution is 2.22. The molecular formula is C10H9NO4S. The van der Waals surface area contributed by atoms with Crippen LogP contribution >= 0.6 is 0 Å². The normalized spacial score (nSPS) is 16.9. The number of hydrogen-bond donors (Lipinski definition) is 0. The summed E-state index contributed by atoms with van der Waals surface area (Å²) in [6.45, 7) is 0. The van der Waals surface area contributed by atoms with Gasteiger partial charge in [0.25, 0.3) is 10.0 Å². The fourth-order valence-electron chi connectivity index (χ4n) is 1.52. The number of carbonyl (C=O) groups excluding carboxylic acids is 2. The molecule has 2 amide bonds. The molecule has 1 aromatic rings. The van der Waals surface area contributed by atoms with E-state index in [1.165, 1.54) is 24.3 Å². The summed E-state index contributed by atoms with van der Waals surface area (Å²) in [6, 6.07) is 7.45. The first-order chi connectivity index (χ1) is 7.53. The number of sulfonamides is 1. The maximum absolute atomic E-state index is 11.9. The van der Waals surface area contributed by atoms with Crippen molar-refractivity contribution < 1.29 is 18.0 Å². The van der Waals surface area contributed by atoms with Gasteiger partial charge in [-0.15, -0.1) is 0 Å². The largest absolute Gasteiger partial charge is 0.273 e. The Morgan fingerprint density at radius 3 is 1.94 bits per heavy atom. The van der Waals surface area contributed by atoms with Crippen molar-refractivity contribution in [3.63, 3.8) is 0 Å². The fraction of sp³-hybridized carbons (Fsp3) is 0.200. The standard InChI is InChI=1S/C10H9NO4S/c12-9-6-7-10(13)11(9)16(14,15)8-4-2-1-3-5-8/h1-5H,6-7H2. The van der Waals surface area contributed by atoms with E-state index >= 15 is 0 Å². The Kier molecular flexibility index (Phi) is 2.51. The van der Waals surface area contributed by atoms with Crippen molar-refractivity contribution >= 4 is 21.8 Å². The Labute approximate surface area is 92.7 Å². The minimum atomic E-state index is -4.00.